The Morgan fingerprint density at radius 1 is 1.33 bits per heavy atom. The molecule has 0 aromatic heterocycles. The summed E-state index contributed by atoms with van der Waals surface area (Å²) in [5.74, 6) is 2.17. The van der Waals surface area contributed by atoms with Gasteiger partial charge in [-0.2, -0.15) is 11.8 Å². The van der Waals surface area contributed by atoms with Crippen LogP contribution in [0.5, 0.6) is 11.5 Å². The number of methoxy groups -OCH3 is 2. The van der Waals surface area contributed by atoms with E-state index in [1.807, 2.05) is 24.5 Å². The molecule has 5 nitrogen and oxygen atoms in total. The van der Waals surface area contributed by atoms with Crippen LogP contribution in [0.3, 0.4) is 0 Å². The quantitative estimate of drug-likeness (QED) is 0.792. The zero-order valence-electron chi connectivity index (χ0n) is 13.1. The smallest absolute Gasteiger partial charge is 0.239 e. The predicted octanol–water partition coefficient (Wildman–Crippen LogP) is 1.74. The molecule has 6 heteroatoms. The fourth-order valence-corrected chi connectivity index (χ4v) is 2.47. The summed E-state index contributed by atoms with van der Waals surface area (Å²) in [7, 11) is 4.95. The normalized spacial score (nSPS) is 11.9. The van der Waals surface area contributed by atoms with Crippen LogP contribution in [0.1, 0.15) is 12.0 Å². The van der Waals surface area contributed by atoms with E-state index in [1.165, 1.54) is 0 Å². The van der Waals surface area contributed by atoms with Gasteiger partial charge in [0, 0.05) is 13.6 Å². The molecule has 0 saturated carbocycles. The van der Waals surface area contributed by atoms with Gasteiger partial charge in [-0.15, -0.1) is 0 Å². The molecule has 0 bridgehead atoms. The number of benzene rings is 1. The maximum absolute atomic E-state index is 12.2. The van der Waals surface area contributed by atoms with Crippen LogP contribution in [0.2, 0.25) is 0 Å². The second-order valence-corrected chi connectivity index (χ2v) is 5.76. The van der Waals surface area contributed by atoms with Gasteiger partial charge >= 0.3 is 0 Å². The summed E-state index contributed by atoms with van der Waals surface area (Å²) in [5.41, 5.74) is 6.88. The predicted molar refractivity (Wildman–Crippen MR) is 87.0 cm³/mol. The number of rotatable bonds is 8. The van der Waals surface area contributed by atoms with E-state index in [2.05, 4.69) is 0 Å². The van der Waals surface area contributed by atoms with E-state index in [4.69, 9.17) is 15.2 Å². The summed E-state index contributed by atoms with van der Waals surface area (Å²) < 4.78 is 10.5. The molecule has 1 aromatic carbocycles. The van der Waals surface area contributed by atoms with Gasteiger partial charge in [0.1, 0.15) is 0 Å². The maximum Gasteiger partial charge on any atom is 0.239 e. The zero-order valence-corrected chi connectivity index (χ0v) is 13.9. The average molecular weight is 312 g/mol. The monoisotopic (exact) mass is 312 g/mol. The van der Waals surface area contributed by atoms with Gasteiger partial charge in [0.15, 0.2) is 11.5 Å². The van der Waals surface area contributed by atoms with Gasteiger partial charge in [-0.3, -0.25) is 4.79 Å². The van der Waals surface area contributed by atoms with Crippen LogP contribution >= 0.6 is 11.8 Å². The van der Waals surface area contributed by atoms with E-state index >= 15 is 0 Å². The highest BCUT2D eigenvalue weighted by molar-refractivity contribution is 7.98. The lowest BCUT2D eigenvalue weighted by Gasteiger charge is -2.21. The van der Waals surface area contributed by atoms with E-state index in [1.54, 1.807) is 37.9 Å². The summed E-state index contributed by atoms with van der Waals surface area (Å²) in [5, 5.41) is 0. The minimum atomic E-state index is -0.442. The van der Waals surface area contributed by atoms with Gasteiger partial charge < -0.3 is 20.1 Å². The minimum Gasteiger partial charge on any atom is -0.493 e. The third kappa shape index (κ3) is 5.13. The number of carbonyl (C=O) groups excluding carboxylic acids is 1. The number of amides is 1. The summed E-state index contributed by atoms with van der Waals surface area (Å²) >= 11 is 1.69. The minimum absolute atomic E-state index is 0.0427. The Labute approximate surface area is 130 Å². The van der Waals surface area contributed by atoms with Crippen LogP contribution in [0.4, 0.5) is 0 Å². The lowest BCUT2D eigenvalue weighted by molar-refractivity contribution is -0.131. The Morgan fingerprint density at radius 3 is 2.57 bits per heavy atom. The molecule has 0 aliphatic rings. The van der Waals surface area contributed by atoms with Crippen LogP contribution in [0.25, 0.3) is 0 Å². The zero-order chi connectivity index (χ0) is 15.8. The first-order chi connectivity index (χ1) is 10.0. The van der Waals surface area contributed by atoms with E-state index in [0.717, 1.165) is 11.3 Å². The van der Waals surface area contributed by atoms with Gasteiger partial charge in [0.25, 0.3) is 0 Å². The Balaban J connectivity index is 2.69. The average Bonchev–Trinajstić information content (AvgIpc) is 2.51. The fraction of sp³-hybridized carbons (Fsp3) is 0.533. The molecule has 0 fully saturated rings. The van der Waals surface area contributed by atoms with Crippen molar-refractivity contribution in [1.82, 2.24) is 4.90 Å². The summed E-state index contributed by atoms with van der Waals surface area (Å²) in [6.45, 7) is 0.492. The molecule has 118 valence electrons. The summed E-state index contributed by atoms with van der Waals surface area (Å²) in [4.78, 5) is 13.8. The highest BCUT2D eigenvalue weighted by Crippen LogP contribution is 2.27. The Bertz CT molecular complexity index is 468. The van der Waals surface area contributed by atoms with Crippen molar-refractivity contribution in [3.8, 4) is 11.5 Å². The van der Waals surface area contributed by atoms with Gasteiger partial charge in [-0.25, -0.2) is 0 Å². The molecule has 21 heavy (non-hydrogen) atoms. The standard InChI is InChI=1S/C15H24N2O3S/c1-17(15(18)12(16)7-8-21-4)10-11-5-6-13(19-2)14(9-11)20-3/h5-6,9,12H,7-8,10,16H2,1-4H3/t12-/m0/s1. The second kappa shape index (κ2) is 8.79. The second-order valence-electron chi connectivity index (χ2n) is 4.77. The van der Waals surface area contributed by atoms with E-state index in [9.17, 15) is 4.79 Å². The molecule has 1 rings (SSSR count). The summed E-state index contributed by atoms with van der Waals surface area (Å²) in [6.07, 6.45) is 2.70. The number of ether oxygens (including phenoxy) is 2. The molecule has 0 radical (unpaired) electrons. The summed E-state index contributed by atoms with van der Waals surface area (Å²) in [6, 6.07) is 5.18. The largest absolute Gasteiger partial charge is 0.493 e. The van der Waals surface area contributed by atoms with E-state index < -0.39 is 6.04 Å². The third-order valence-corrected chi connectivity index (χ3v) is 3.84. The molecule has 0 saturated heterocycles. The Morgan fingerprint density at radius 2 is 2.00 bits per heavy atom. The number of likely N-dealkylation sites (N-methyl/N-ethyl adjacent to an activating group) is 1. The molecule has 1 atom stereocenters. The highest BCUT2D eigenvalue weighted by atomic mass is 32.2. The Hall–Kier alpha value is -1.40. The molecule has 0 aliphatic carbocycles. The number of hydrogen-bond donors (Lipinski definition) is 1. The molecular formula is C15H24N2O3S. The topological polar surface area (TPSA) is 64.8 Å². The molecule has 0 spiro atoms. The molecule has 0 aliphatic heterocycles. The lowest BCUT2D eigenvalue weighted by atomic mass is 10.1. The fourth-order valence-electron chi connectivity index (χ4n) is 1.98. The number of nitrogens with zero attached hydrogens (tertiary/aromatic N) is 1. The van der Waals surface area contributed by atoms with Crippen molar-refractivity contribution in [1.29, 1.82) is 0 Å². The first kappa shape index (κ1) is 17.7. The number of hydrogen-bond acceptors (Lipinski definition) is 5. The van der Waals surface area contributed by atoms with Gasteiger partial charge in [0.05, 0.1) is 20.3 Å². The van der Waals surface area contributed by atoms with E-state index in [0.29, 0.717) is 24.5 Å². The first-order valence-electron chi connectivity index (χ1n) is 6.73. The number of thioether (sulfide) groups is 1. The van der Waals surface area contributed by atoms with Crippen LogP contribution in [-0.2, 0) is 11.3 Å². The van der Waals surface area contributed by atoms with Crippen LogP contribution in [-0.4, -0.2) is 50.1 Å². The van der Waals surface area contributed by atoms with Gasteiger partial charge in [0.2, 0.25) is 5.91 Å². The highest BCUT2D eigenvalue weighted by Gasteiger charge is 2.18. The SMILES string of the molecule is COc1ccc(CN(C)C(=O)[C@@H](N)CCSC)cc1OC. The Kier molecular flexibility index (Phi) is 7.39. The van der Waals surface area contributed by atoms with Gasteiger partial charge in [-0.1, -0.05) is 6.07 Å². The lowest BCUT2D eigenvalue weighted by Crippen LogP contribution is -2.41. The van der Waals surface area contributed by atoms with Crippen molar-refractivity contribution in [3.05, 3.63) is 23.8 Å². The van der Waals surface area contributed by atoms with Crippen molar-refractivity contribution in [3.63, 3.8) is 0 Å². The molecule has 0 unspecified atom stereocenters. The first-order valence-corrected chi connectivity index (χ1v) is 8.13. The van der Waals surface area contributed by atoms with Crippen molar-refractivity contribution < 1.29 is 14.3 Å². The van der Waals surface area contributed by atoms with Crippen LogP contribution in [0, 0.1) is 0 Å². The molecule has 1 amide bonds. The number of carbonyl (C=O) groups is 1. The maximum atomic E-state index is 12.2. The van der Waals surface area contributed by atoms with E-state index in [-0.39, 0.29) is 5.91 Å². The van der Waals surface area contributed by atoms with Crippen molar-refractivity contribution in [2.24, 2.45) is 5.73 Å². The molecule has 1 aromatic rings. The van der Waals surface area contributed by atoms with Crippen LogP contribution in [0.15, 0.2) is 18.2 Å². The number of nitrogens with two attached hydrogens (primary N) is 1. The van der Waals surface area contributed by atoms with Gasteiger partial charge in [-0.05, 0) is 36.1 Å². The third-order valence-electron chi connectivity index (χ3n) is 3.19. The molecule has 2 N–H and O–H groups in total. The molecular weight excluding hydrogens is 288 g/mol. The molecule has 0 heterocycles. The van der Waals surface area contributed by atoms with Crippen molar-refractivity contribution >= 4 is 17.7 Å². The van der Waals surface area contributed by atoms with Crippen molar-refractivity contribution in [2.45, 2.75) is 19.0 Å². The van der Waals surface area contributed by atoms with Crippen LogP contribution < -0.4 is 15.2 Å². The van der Waals surface area contributed by atoms with Crippen molar-refractivity contribution in [2.75, 3.05) is 33.3 Å².